The third-order valence-corrected chi connectivity index (χ3v) is 8.90. The molecule has 1 N–H and O–H groups in total. The molecule has 38 heavy (non-hydrogen) atoms. The lowest BCUT2D eigenvalue weighted by molar-refractivity contribution is -0.136. The van der Waals surface area contributed by atoms with Gasteiger partial charge in [0.05, 0.1) is 40.1 Å². The number of hydrogen-bond acceptors (Lipinski definition) is 8. The molecule has 4 aromatic rings. The van der Waals surface area contributed by atoms with Crippen molar-refractivity contribution in [2.24, 2.45) is 5.92 Å². The van der Waals surface area contributed by atoms with Gasteiger partial charge in [0.15, 0.2) is 0 Å². The summed E-state index contributed by atoms with van der Waals surface area (Å²) in [6.07, 6.45) is 3.19. The number of aromatic nitrogens is 4. The zero-order valence-electron chi connectivity index (χ0n) is 21.7. The molecule has 0 spiro atoms. The molecule has 1 saturated carbocycles. The van der Waals surface area contributed by atoms with Crippen molar-refractivity contribution in [2.75, 3.05) is 45.9 Å². The number of hydrogen-bond donors (Lipinski definition) is 1. The first kappa shape index (κ1) is 24.1. The van der Waals surface area contributed by atoms with E-state index in [-0.39, 0.29) is 12.0 Å². The minimum Gasteiger partial charge on any atom is -0.369 e. The number of morpholine rings is 1. The van der Waals surface area contributed by atoms with Gasteiger partial charge in [-0.25, -0.2) is 15.0 Å². The number of ether oxygens (including phenoxy) is 1. The van der Waals surface area contributed by atoms with Gasteiger partial charge in [-0.2, -0.15) is 0 Å². The Hall–Kier alpha value is -2.92. The maximum atomic E-state index is 12.8. The number of benzene rings is 1. The van der Waals surface area contributed by atoms with Crippen molar-refractivity contribution >= 4 is 38.5 Å². The van der Waals surface area contributed by atoms with Crippen molar-refractivity contribution in [2.45, 2.75) is 38.8 Å². The molecule has 3 fully saturated rings. The van der Waals surface area contributed by atoms with Gasteiger partial charge in [-0.1, -0.05) is 19.1 Å². The maximum Gasteiger partial charge on any atom is 0.236 e. The lowest BCUT2D eigenvalue weighted by Crippen LogP contribution is -2.50. The van der Waals surface area contributed by atoms with E-state index in [1.807, 2.05) is 18.2 Å². The molecule has 0 bridgehead atoms. The number of para-hydroxylation sites is 2. The number of carbonyl (C=O) groups is 1. The fraction of sp³-hybridized carbons (Fsp3) is 0.500. The summed E-state index contributed by atoms with van der Waals surface area (Å²) in [6.45, 7) is 8.25. The second-order valence-electron chi connectivity index (χ2n) is 10.6. The summed E-state index contributed by atoms with van der Waals surface area (Å²) in [5.41, 5.74) is 3.81. The molecule has 2 aliphatic heterocycles. The Labute approximate surface area is 225 Å². The highest BCUT2D eigenvalue weighted by Gasteiger charge is 2.31. The Balaban J connectivity index is 1.24. The number of amides is 1. The van der Waals surface area contributed by atoms with Gasteiger partial charge in [0, 0.05) is 50.6 Å². The fourth-order valence-corrected chi connectivity index (χ4v) is 6.75. The molecule has 198 valence electrons. The molecule has 1 aliphatic carbocycles. The summed E-state index contributed by atoms with van der Waals surface area (Å²) in [7, 11) is 0. The van der Waals surface area contributed by atoms with Crippen LogP contribution in [0, 0.1) is 5.92 Å². The smallest absolute Gasteiger partial charge is 0.236 e. The van der Waals surface area contributed by atoms with Crippen LogP contribution < -0.4 is 5.32 Å². The normalized spacial score (nSPS) is 21.1. The predicted molar refractivity (Wildman–Crippen MR) is 148 cm³/mol. The van der Waals surface area contributed by atoms with Crippen LogP contribution >= 0.6 is 11.3 Å². The predicted octanol–water partition coefficient (Wildman–Crippen LogP) is 3.31. The number of carbonyl (C=O) groups excluding carboxylic acids is 1. The maximum absolute atomic E-state index is 12.8. The van der Waals surface area contributed by atoms with Gasteiger partial charge in [0.25, 0.3) is 0 Å². The average molecular weight is 532 g/mol. The number of nitrogens with one attached hydrogen (secondary N) is 1. The van der Waals surface area contributed by atoms with Gasteiger partial charge in [-0.3, -0.25) is 14.3 Å². The first-order chi connectivity index (χ1) is 18.7. The molecule has 1 atom stereocenters. The Morgan fingerprint density at radius 3 is 2.82 bits per heavy atom. The molecule has 7 rings (SSSR count). The van der Waals surface area contributed by atoms with Crippen LogP contribution in [0.2, 0.25) is 0 Å². The lowest BCUT2D eigenvalue weighted by Gasteiger charge is -2.34. The van der Waals surface area contributed by atoms with E-state index in [2.05, 4.69) is 38.7 Å². The highest BCUT2D eigenvalue weighted by atomic mass is 32.1. The molecular weight excluding hydrogens is 498 g/mol. The minimum atomic E-state index is -0.132. The number of rotatable bonds is 7. The summed E-state index contributed by atoms with van der Waals surface area (Å²) >= 11 is 1.73. The third kappa shape index (κ3) is 4.59. The van der Waals surface area contributed by atoms with E-state index in [1.54, 1.807) is 11.3 Å². The molecule has 5 heterocycles. The molecule has 3 aromatic heterocycles. The van der Waals surface area contributed by atoms with Gasteiger partial charge in [-0.15, -0.1) is 11.3 Å². The van der Waals surface area contributed by atoms with Gasteiger partial charge in [-0.05, 0) is 37.0 Å². The Kier molecular flexibility index (Phi) is 6.35. The summed E-state index contributed by atoms with van der Waals surface area (Å²) in [4.78, 5) is 33.3. The molecule has 10 heteroatoms. The second-order valence-corrected chi connectivity index (χ2v) is 11.7. The van der Waals surface area contributed by atoms with E-state index in [4.69, 9.17) is 19.7 Å². The average Bonchev–Trinajstić information content (AvgIpc) is 3.54. The SMILES string of the molecule is CCc1nc2ccccc2n1-c1nc(C2CNCCO2)c2sc(CN3CCN(CC4CC4)C(=O)C3)cc2n1. The molecule has 2 saturated heterocycles. The van der Waals surface area contributed by atoms with Crippen LogP contribution in [0.3, 0.4) is 0 Å². The number of aryl methyl sites for hydroxylation is 1. The van der Waals surface area contributed by atoms with Crippen molar-refractivity contribution < 1.29 is 9.53 Å². The number of thiophene rings is 1. The number of piperazine rings is 1. The van der Waals surface area contributed by atoms with Gasteiger partial charge >= 0.3 is 0 Å². The minimum absolute atomic E-state index is 0.132. The van der Waals surface area contributed by atoms with Gasteiger partial charge in [0.1, 0.15) is 11.9 Å². The highest BCUT2D eigenvalue weighted by molar-refractivity contribution is 7.19. The number of fused-ring (bicyclic) bond motifs is 2. The second kappa shape index (κ2) is 10.00. The number of nitrogens with zero attached hydrogens (tertiary/aromatic N) is 6. The molecule has 3 aliphatic rings. The van der Waals surface area contributed by atoms with Crippen molar-refractivity contribution in [1.29, 1.82) is 0 Å². The van der Waals surface area contributed by atoms with Crippen molar-refractivity contribution in [1.82, 2.24) is 34.6 Å². The molecule has 1 amide bonds. The fourth-order valence-electron chi connectivity index (χ4n) is 5.58. The lowest BCUT2D eigenvalue weighted by atomic mass is 10.2. The summed E-state index contributed by atoms with van der Waals surface area (Å²) in [5, 5.41) is 3.45. The monoisotopic (exact) mass is 531 g/mol. The molecule has 1 aromatic carbocycles. The quantitative estimate of drug-likeness (QED) is 0.391. The van der Waals surface area contributed by atoms with E-state index in [1.165, 1.54) is 17.7 Å². The Bertz CT molecular complexity index is 1490. The van der Waals surface area contributed by atoms with Crippen LogP contribution in [-0.2, 0) is 22.5 Å². The summed E-state index contributed by atoms with van der Waals surface area (Å²) in [5.74, 6) is 2.57. The van der Waals surface area contributed by atoms with E-state index >= 15 is 0 Å². The zero-order valence-corrected chi connectivity index (χ0v) is 22.5. The van der Waals surface area contributed by atoms with Crippen LogP contribution in [-0.4, -0.2) is 81.1 Å². The molecule has 9 nitrogen and oxygen atoms in total. The molecular formula is C28H33N7O2S. The van der Waals surface area contributed by atoms with Crippen LogP contribution in [0.15, 0.2) is 30.3 Å². The van der Waals surface area contributed by atoms with Gasteiger partial charge < -0.3 is 15.0 Å². The van der Waals surface area contributed by atoms with Crippen molar-refractivity contribution in [3.05, 3.63) is 46.7 Å². The van der Waals surface area contributed by atoms with Crippen molar-refractivity contribution in [3.8, 4) is 5.95 Å². The Morgan fingerprint density at radius 2 is 2.03 bits per heavy atom. The van der Waals surface area contributed by atoms with Gasteiger partial charge in [0.2, 0.25) is 11.9 Å². The third-order valence-electron chi connectivity index (χ3n) is 7.77. The largest absolute Gasteiger partial charge is 0.369 e. The van der Waals surface area contributed by atoms with Crippen LogP contribution in [0.1, 0.15) is 42.3 Å². The first-order valence-corrected chi connectivity index (χ1v) is 14.6. The Morgan fingerprint density at radius 1 is 1.13 bits per heavy atom. The van der Waals surface area contributed by atoms with Crippen LogP contribution in [0.5, 0.6) is 0 Å². The highest BCUT2D eigenvalue weighted by Crippen LogP contribution is 2.34. The standard InChI is InChI=1S/C28H33N7O2S/c1-2-24-30-20-5-3-4-6-22(20)35(24)28-31-21-13-19(38-27(21)26(32-28)23-14-29-9-12-37-23)16-33-10-11-34(25(36)17-33)15-18-7-8-18/h3-6,13,18,23,29H,2,7-12,14-17H2,1H3. The first-order valence-electron chi connectivity index (χ1n) is 13.8. The van der Waals surface area contributed by atoms with Crippen molar-refractivity contribution in [3.63, 3.8) is 0 Å². The summed E-state index contributed by atoms with van der Waals surface area (Å²) < 4.78 is 9.33. The van der Waals surface area contributed by atoms with E-state index in [0.717, 1.165) is 84.4 Å². The number of imidazole rings is 1. The molecule has 1 unspecified atom stereocenters. The van der Waals surface area contributed by atoms with E-state index < -0.39 is 0 Å². The zero-order chi connectivity index (χ0) is 25.6. The van der Waals surface area contributed by atoms with Crippen LogP contribution in [0.25, 0.3) is 27.2 Å². The van der Waals surface area contributed by atoms with E-state index in [0.29, 0.717) is 19.1 Å². The van der Waals surface area contributed by atoms with Crippen LogP contribution in [0.4, 0.5) is 0 Å². The molecule has 0 radical (unpaired) electrons. The van der Waals surface area contributed by atoms with E-state index in [9.17, 15) is 4.79 Å². The summed E-state index contributed by atoms with van der Waals surface area (Å²) in [6, 6.07) is 10.3. The topological polar surface area (TPSA) is 88.4 Å².